The Balaban J connectivity index is 1.44. The molecule has 0 saturated heterocycles. The van der Waals surface area contributed by atoms with E-state index in [-0.39, 0.29) is 0 Å². The average Bonchev–Trinajstić information content (AvgIpc) is 3.40. The Morgan fingerprint density at radius 3 is 3.11 bits per heavy atom. The molecule has 0 N–H and O–H groups in total. The zero-order valence-corrected chi connectivity index (χ0v) is 14.4. The van der Waals surface area contributed by atoms with E-state index in [0.717, 1.165) is 30.2 Å². The normalized spacial score (nSPS) is 15.8. The molecule has 0 bridgehead atoms. The van der Waals surface area contributed by atoms with E-state index in [0.29, 0.717) is 41.3 Å². The number of ether oxygens (including phenoxy) is 1. The molecule has 0 fully saturated rings. The first-order valence-electron chi connectivity index (χ1n) is 8.68. The Kier molecular flexibility index (Phi) is 3.61. The number of nitrogens with zero attached hydrogens (tertiary/aromatic N) is 5. The van der Waals surface area contributed by atoms with Gasteiger partial charge in [-0.1, -0.05) is 6.07 Å². The van der Waals surface area contributed by atoms with Gasteiger partial charge in [0.1, 0.15) is 29.4 Å². The van der Waals surface area contributed by atoms with Crippen LogP contribution in [0.4, 0.5) is 0 Å². The number of benzene rings is 1. The minimum absolute atomic E-state index is 0.432. The summed E-state index contributed by atoms with van der Waals surface area (Å²) in [6.07, 6.45) is 4.05. The molecule has 3 aromatic rings. The number of pyridine rings is 1. The third kappa shape index (κ3) is 2.72. The first-order valence-corrected chi connectivity index (χ1v) is 8.68. The number of hydrogen-bond donors (Lipinski definition) is 0. The zero-order valence-electron chi connectivity index (χ0n) is 14.4. The van der Waals surface area contributed by atoms with E-state index in [2.05, 4.69) is 21.0 Å². The van der Waals surface area contributed by atoms with Crippen LogP contribution in [0.1, 0.15) is 17.9 Å². The second-order valence-corrected chi connectivity index (χ2v) is 6.36. The fourth-order valence-corrected chi connectivity index (χ4v) is 3.38. The van der Waals surface area contributed by atoms with Gasteiger partial charge >= 0.3 is 0 Å². The van der Waals surface area contributed by atoms with Crippen molar-refractivity contribution in [1.29, 1.82) is 5.26 Å². The van der Waals surface area contributed by atoms with Crippen molar-refractivity contribution in [1.82, 2.24) is 14.9 Å². The number of aliphatic imine (C=N–C) groups is 1. The highest BCUT2D eigenvalue weighted by Crippen LogP contribution is 2.35. The van der Waals surface area contributed by atoms with Gasteiger partial charge in [-0.05, 0) is 18.2 Å². The lowest BCUT2D eigenvalue weighted by atomic mass is 10.2. The van der Waals surface area contributed by atoms with Crippen molar-refractivity contribution >= 4 is 22.6 Å². The summed E-state index contributed by atoms with van der Waals surface area (Å²) in [7, 11) is 0. The molecule has 7 nitrogen and oxygen atoms in total. The lowest BCUT2D eigenvalue weighted by molar-refractivity contribution is 0.306. The van der Waals surface area contributed by atoms with Crippen LogP contribution in [0.25, 0.3) is 16.8 Å². The number of aromatic nitrogens is 2. The third-order valence-corrected chi connectivity index (χ3v) is 4.65. The van der Waals surface area contributed by atoms with Crippen molar-refractivity contribution in [2.45, 2.75) is 13.0 Å². The molecular formula is C20H15N5O2. The smallest absolute Gasteiger partial charge is 0.245 e. The molecule has 132 valence electrons. The highest BCUT2D eigenvalue weighted by molar-refractivity contribution is 6.01. The van der Waals surface area contributed by atoms with Crippen LogP contribution in [0.2, 0.25) is 0 Å². The highest BCUT2D eigenvalue weighted by atomic mass is 16.5. The molecule has 0 spiro atoms. The standard InChI is InChI=1S/C20H15N5O2/c21-10-14-8-18-23-6-7-25(18)19(14)20-24-16-9-15(3-4-17(16)27-20)26-12-13-2-1-5-22-11-13/h1-5,9,11H,6-8,12H2. The Labute approximate surface area is 155 Å². The highest BCUT2D eigenvalue weighted by Gasteiger charge is 2.34. The first kappa shape index (κ1) is 15.6. The minimum atomic E-state index is 0.432. The van der Waals surface area contributed by atoms with Crippen LogP contribution >= 0.6 is 0 Å². The van der Waals surface area contributed by atoms with Gasteiger partial charge in [0.05, 0.1) is 18.2 Å². The lowest BCUT2D eigenvalue weighted by Crippen LogP contribution is -2.21. The average molecular weight is 357 g/mol. The van der Waals surface area contributed by atoms with E-state index in [1.807, 2.05) is 35.2 Å². The summed E-state index contributed by atoms with van der Waals surface area (Å²) in [6.45, 7) is 1.93. The predicted molar refractivity (Wildman–Crippen MR) is 98.7 cm³/mol. The molecule has 0 aliphatic carbocycles. The van der Waals surface area contributed by atoms with Crippen LogP contribution < -0.4 is 4.74 Å². The Morgan fingerprint density at radius 2 is 2.26 bits per heavy atom. The number of amidine groups is 1. The van der Waals surface area contributed by atoms with E-state index in [9.17, 15) is 5.26 Å². The Morgan fingerprint density at radius 1 is 1.30 bits per heavy atom. The minimum Gasteiger partial charge on any atom is -0.489 e. The molecule has 2 aliphatic heterocycles. The number of oxazole rings is 1. The molecule has 0 saturated carbocycles. The van der Waals surface area contributed by atoms with E-state index < -0.39 is 0 Å². The summed E-state index contributed by atoms with van der Waals surface area (Å²) >= 11 is 0. The van der Waals surface area contributed by atoms with Crippen molar-refractivity contribution in [3.63, 3.8) is 0 Å². The van der Waals surface area contributed by atoms with E-state index in [1.54, 1.807) is 12.4 Å². The summed E-state index contributed by atoms with van der Waals surface area (Å²) in [5.41, 5.74) is 3.74. The molecule has 5 rings (SSSR count). The monoisotopic (exact) mass is 357 g/mol. The first-order chi connectivity index (χ1) is 13.3. The Hall–Kier alpha value is -3.66. The second kappa shape index (κ2) is 6.25. The topological polar surface area (TPSA) is 87.5 Å². The van der Waals surface area contributed by atoms with Gasteiger partial charge in [0.25, 0.3) is 0 Å². The summed E-state index contributed by atoms with van der Waals surface area (Å²) in [6, 6.07) is 11.6. The van der Waals surface area contributed by atoms with Gasteiger partial charge < -0.3 is 14.1 Å². The van der Waals surface area contributed by atoms with Crippen molar-refractivity contribution in [2.75, 3.05) is 13.1 Å². The maximum atomic E-state index is 9.47. The molecule has 1 aromatic carbocycles. The Bertz CT molecular complexity index is 1120. The molecule has 2 aromatic heterocycles. The van der Waals surface area contributed by atoms with Crippen LogP contribution in [0.3, 0.4) is 0 Å². The SMILES string of the molecule is N#CC1=C(c2nc3cc(OCc4cccnc4)ccc3o2)N2CCN=C2C1. The zero-order chi connectivity index (χ0) is 18.2. The molecule has 0 atom stereocenters. The summed E-state index contributed by atoms with van der Waals surface area (Å²) < 4.78 is 11.8. The molecule has 27 heavy (non-hydrogen) atoms. The molecular weight excluding hydrogens is 342 g/mol. The fourth-order valence-electron chi connectivity index (χ4n) is 3.38. The molecule has 4 heterocycles. The van der Waals surface area contributed by atoms with Gasteiger partial charge in [0, 0.05) is 37.0 Å². The quantitative estimate of drug-likeness (QED) is 0.713. The second-order valence-electron chi connectivity index (χ2n) is 6.36. The van der Waals surface area contributed by atoms with E-state index in [4.69, 9.17) is 9.15 Å². The largest absolute Gasteiger partial charge is 0.489 e. The predicted octanol–water partition coefficient (Wildman–Crippen LogP) is 3.15. The van der Waals surface area contributed by atoms with Gasteiger partial charge in [-0.3, -0.25) is 9.98 Å². The molecule has 0 radical (unpaired) electrons. The van der Waals surface area contributed by atoms with Crippen molar-refractivity contribution in [2.24, 2.45) is 4.99 Å². The maximum Gasteiger partial charge on any atom is 0.245 e. The summed E-state index contributed by atoms with van der Waals surface area (Å²) in [5, 5.41) is 9.47. The van der Waals surface area contributed by atoms with Crippen molar-refractivity contribution in [3.8, 4) is 11.8 Å². The van der Waals surface area contributed by atoms with E-state index in [1.165, 1.54) is 0 Å². The fraction of sp³-hybridized carbons (Fsp3) is 0.200. The number of fused-ring (bicyclic) bond motifs is 2. The number of nitriles is 1. The van der Waals surface area contributed by atoms with Crippen LogP contribution in [0.5, 0.6) is 5.75 Å². The van der Waals surface area contributed by atoms with Gasteiger partial charge in [-0.15, -0.1) is 0 Å². The maximum absolute atomic E-state index is 9.47. The van der Waals surface area contributed by atoms with Gasteiger partial charge in [0.2, 0.25) is 5.89 Å². The van der Waals surface area contributed by atoms with Crippen LogP contribution in [0.15, 0.2) is 57.7 Å². The van der Waals surface area contributed by atoms with E-state index >= 15 is 0 Å². The molecule has 7 heteroatoms. The van der Waals surface area contributed by atoms with Crippen LogP contribution in [-0.4, -0.2) is 33.8 Å². The van der Waals surface area contributed by atoms with Crippen LogP contribution in [0, 0.1) is 11.3 Å². The molecule has 0 unspecified atom stereocenters. The van der Waals surface area contributed by atoms with Gasteiger partial charge in [-0.25, -0.2) is 4.98 Å². The third-order valence-electron chi connectivity index (χ3n) is 4.65. The summed E-state index contributed by atoms with van der Waals surface area (Å²) in [5.74, 6) is 2.08. The molecule has 0 amide bonds. The van der Waals surface area contributed by atoms with Gasteiger partial charge in [0.15, 0.2) is 5.58 Å². The van der Waals surface area contributed by atoms with Gasteiger partial charge in [-0.2, -0.15) is 5.26 Å². The number of rotatable bonds is 4. The summed E-state index contributed by atoms with van der Waals surface area (Å²) in [4.78, 5) is 15.2. The van der Waals surface area contributed by atoms with Crippen molar-refractivity contribution in [3.05, 3.63) is 59.8 Å². The van der Waals surface area contributed by atoms with Crippen molar-refractivity contribution < 1.29 is 9.15 Å². The molecule has 2 aliphatic rings. The van der Waals surface area contributed by atoms with Crippen LogP contribution in [-0.2, 0) is 6.61 Å². The number of hydrogen-bond acceptors (Lipinski definition) is 7. The lowest BCUT2D eigenvalue weighted by Gasteiger charge is -2.14.